The summed E-state index contributed by atoms with van der Waals surface area (Å²) >= 11 is 1.19. The summed E-state index contributed by atoms with van der Waals surface area (Å²) in [5.74, 6) is -0.419. The molecule has 32 heavy (non-hydrogen) atoms. The molecule has 5 nitrogen and oxygen atoms in total. The fourth-order valence-corrected chi connectivity index (χ4v) is 3.88. The van der Waals surface area contributed by atoms with Crippen LogP contribution in [0.15, 0.2) is 75.2 Å². The van der Waals surface area contributed by atoms with E-state index in [4.69, 9.17) is 9.15 Å². The Labute approximate surface area is 188 Å². The maximum Gasteiger partial charge on any atom is 0.228 e. The van der Waals surface area contributed by atoms with E-state index >= 15 is 0 Å². The Kier molecular flexibility index (Phi) is 5.99. The maximum atomic E-state index is 14.2. The van der Waals surface area contributed by atoms with Gasteiger partial charge in [0.15, 0.2) is 16.7 Å². The first-order valence-corrected chi connectivity index (χ1v) is 10.5. The maximum absolute atomic E-state index is 14.2. The number of pyridine rings is 1. The van der Waals surface area contributed by atoms with Crippen LogP contribution in [0.2, 0.25) is 0 Å². The highest BCUT2D eigenvalue weighted by Gasteiger charge is 2.21. The number of aliphatic hydroxyl groups is 1. The van der Waals surface area contributed by atoms with E-state index in [1.54, 1.807) is 50.4 Å². The fraction of sp³-hybridized carbons (Fsp3) is 0.167. The minimum Gasteiger partial charge on any atom is -0.494 e. The summed E-state index contributed by atoms with van der Waals surface area (Å²) in [7, 11) is 1.40. The average Bonchev–Trinajstić information content (AvgIpc) is 3.17. The van der Waals surface area contributed by atoms with Crippen LogP contribution in [0.3, 0.4) is 0 Å². The van der Waals surface area contributed by atoms with Gasteiger partial charge in [-0.15, -0.1) is 0 Å². The van der Waals surface area contributed by atoms with Crippen molar-refractivity contribution < 1.29 is 23.0 Å². The number of ether oxygens (including phenoxy) is 1. The number of aromatic nitrogens is 2. The molecule has 8 heteroatoms. The largest absolute Gasteiger partial charge is 0.494 e. The zero-order chi connectivity index (χ0) is 22.9. The quantitative estimate of drug-likeness (QED) is 0.381. The van der Waals surface area contributed by atoms with Crippen molar-refractivity contribution in [3.63, 3.8) is 0 Å². The number of hydrogen-bond donors (Lipinski definition) is 1. The molecule has 0 aliphatic rings. The second-order valence-corrected chi connectivity index (χ2v) is 8.60. The molecule has 0 saturated heterocycles. The summed E-state index contributed by atoms with van der Waals surface area (Å²) in [6, 6.07) is 13.9. The molecule has 0 bridgehead atoms. The van der Waals surface area contributed by atoms with E-state index in [9.17, 15) is 13.9 Å². The first kappa shape index (κ1) is 22.0. The second-order valence-electron chi connectivity index (χ2n) is 7.55. The third-order valence-electron chi connectivity index (χ3n) is 4.68. The lowest BCUT2D eigenvalue weighted by Gasteiger charge is -2.16. The highest BCUT2D eigenvalue weighted by atomic mass is 32.2. The molecule has 4 aromatic rings. The molecule has 0 spiro atoms. The predicted molar refractivity (Wildman–Crippen MR) is 117 cm³/mol. The molecule has 0 amide bonds. The van der Waals surface area contributed by atoms with Crippen molar-refractivity contribution in [2.24, 2.45) is 0 Å². The molecule has 164 valence electrons. The van der Waals surface area contributed by atoms with Crippen LogP contribution < -0.4 is 4.74 Å². The van der Waals surface area contributed by atoms with E-state index in [2.05, 4.69) is 9.97 Å². The second kappa shape index (κ2) is 8.72. The van der Waals surface area contributed by atoms with E-state index in [0.29, 0.717) is 38.4 Å². The molecule has 1 N–H and O–H groups in total. The van der Waals surface area contributed by atoms with Crippen LogP contribution in [0.5, 0.6) is 5.75 Å². The number of halogens is 2. The Morgan fingerprint density at radius 2 is 1.72 bits per heavy atom. The molecule has 0 atom stereocenters. The van der Waals surface area contributed by atoms with Gasteiger partial charge in [-0.2, -0.15) is 0 Å². The number of methoxy groups -OCH3 is 1. The third kappa shape index (κ3) is 4.66. The van der Waals surface area contributed by atoms with Gasteiger partial charge in [-0.25, -0.2) is 13.8 Å². The summed E-state index contributed by atoms with van der Waals surface area (Å²) in [4.78, 5) is 9.52. The molecule has 0 saturated carbocycles. The van der Waals surface area contributed by atoms with Crippen LogP contribution >= 0.6 is 11.8 Å². The Hall–Kier alpha value is -3.23. The molecule has 2 heterocycles. The van der Waals surface area contributed by atoms with Crippen LogP contribution in [0.4, 0.5) is 8.78 Å². The van der Waals surface area contributed by atoms with Crippen LogP contribution in [0.1, 0.15) is 19.5 Å². The first-order chi connectivity index (χ1) is 15.2. The lowest BCUT2D eigenvalue weighted by atomic mass is 10.0. The van der Waals surface area contributed by atoms with Gasteiger partial charge in [0.25, 0.3) is 0 Å². The smallest absolute Gasteiger partial charge is 0.228 e. The van der Waals surface area contributed by atoms with Crippen molar-refractivity contribution in [1.82, 2.24) is 9.97 Å². The Bertz CT molecular complexity index is 1230. The van der Waals surface area contributed by atoms with E-state index < -0.39 is 11.4 Å². The van der Waals surface area contributed by atoms with Gasteiger partial charge in [-0.3, -0.25) is 4.98 Å². The highest BCUT2D eigenvalue weighted by molar-refractivity contribution is 7.99. The molecular formula is C24H20F2N2O3S. The average molecular weight is 454 g/mol. The van der Waals surface area contributed by atoms with Crippen LogP contribution in [0, 0.1) is 11.6 Å². The lowest BCUT2D eigenvalue weighted by Crippen LogP contribution is -2.17. The van der Waals surface area contributed by atoms with Crippen molar-refractivity contribution in [2.45, 2.75) is 29.4 Å². The van der Waals surface area contributed by atoms with E-state index in [-0.39, 0.29) is 11.6 Å². The SMILES string of the molecule is COc1ccc(Sc2oc(-c3ccc(F)cc3)nc2-c2ccc(C(C)(C)O)nc2)cc1F. The van der Waals surface area contributed by atoms with E-state index in [1.807, 2.05) is 0 Å². The molecule has 0 unspecified atom stereocenters. The zero-order valence-electron chi connectivity index (χ0n) is 17.6. The molecule has 4 rings (SSSR count). The summed E-state index contributed by atoms with van der Waals surface area (Å²) in [6.07, 6.45) is 1.60. The van der Waals surface area contributed by atoms with Crippen molar-refractivity contribution in [3.05, 3.63) is 78.1 Å². The van der Waals surface area contributed by atoms with Gasteiger partial charge in [0.1, 0.15) is 17.1 Å². The number of benzene rings is 2. The molecule has 0 aliphatic heterocycles. The molecular weight excluding hydrogens is 434 g/mol. The number of oxazole rings is 1. The highest BCUT2D eigenvalue weighted by Crippen LogP contribution is 2.40. The molecule has 0 aliphatic carbocycles. The van der Waals surface area contributed by atoms with E-state index in [0.717, 1.165) is 0 Å². The topological polar surface area (TPSA) is 68.4 Å². The van der Waals surface area contributed by atoms with E-state index in [1.165, 1.54) is 43.1 Å². The summed E-state index contributed by atoms with van der Waals surface area (Å²) in [6.45, 7) is 3.30. The number of nitrogens with zero attached hydrogens (tertiary/aromatic N) is 2. The van der Waals surface area contributed by atoms with Gasteiger partial charge in [-0.1, -0.05) is 0 Å². The summed E-state index contributed by atoms with van der Waals surface area (Å²) in [5, 5.41) is 10.6. The van der Waals surface area contributed by atoms with Gasteiger partial charge < -0.3 is 14.3 Å². The van der Waals surface area contributed by atoms with Gasteiger partial charge in [-0.05, 0) is 80.2 Å². The molecule has 0 fully saturated rings. The monoisotopic (exact) mass is 454 g/mol. The van der Waals surface area contributed by atoms with Crippen molar-refractivity contribution >= 4 is 11.8 Å². The molecule has 0 radical (unpaired) electrons. The van der Waals surface area contributed by atoms with Crippen LogP contribution in [-0.2, 0) is 5.60 Å². The van der Waals surface area contributed by atoms with Crippen LogP contribution in [0.25, 0.3) is 22.7 Å². The standard InChI is InChI=1S/C24H20F2N2O3S/c1-24(2,29)20-11-6-15(13-27-20)21-23(32-17-9-10-19(30-3)18(26)12-17)31-22(28-21)14-4-7-16(25)8-5-14/h4-13,29H,1-3H3. The van der Waals surface area contributed by atoms with Crippen molar-refractivity contribution in [1.29, 1.82) is 0 Å². The third-order valence-corrected chi connectivity index (χ3v) is 5.64. The van der Waals surface area contributed by atoms with Gasteiger partial charge in [0, 0.05) is 22.2 Å². The fourth-order valence-electron chi connectivity index (χ4n) is 2.99. The zero-order valence-corrected chi connectivity index (χ0v) is 18.4. The minimum absolute atomic E-state index is 0.144. The summed E-state index contributed by atoms with van der Waals surface area (Å²) < 4.78 is 38.5. The predicted octanol–water partition coefficient (Wildman–Crippen LogP) is 6.07. The first-order valence-electron chi connectivity index (χ1n) is 9.72. The van der Waals surface area contributed by atoms with Crippen LogP contribution in [-0.4, -0.2) is 22.2 Å². The summed E-state index contributed by atoms with van der Waals surface area (Å²) in [5.41, 5.74) is 1.18. The van der Waals surface area contributed by atoms with Crippen molar-refractivity contribution in [3.8, 4) is 28.5 Å². The van der Waals surface area contributed by atoms with Gasteiger partial charge in [0.2, 0.25) is 5.89 Å². The number of hydrogen-bond acceptors (Lipinski definition) is 6. The number of rotatable bonds is 6. The Morgan fingerprint density at radius 1 is 1.00 bits per heavy atom. The van der Waals surface area contributed by atoms with Gasteiger partial charge >= 0.3 is 0 Å². The minimum atomic E-state index is -1.08. The van der Waals surface area contributed by atoms with Gasteiger partial charge in [0.05, 0.1) is 12.8 Å². The van der Waals surface area contributed by atoms with Crippen molar-refractivity contribution in [2.75, 3.05) is 7.11 Å². The lowest BCUT2D eigenvalue weighted by molar-refractivity contribution is 0.0739. The Morgan fingerprint density at radius 3 is 2.31 bits per heavy atom. The normalized spacial score (nSPS) is 11.6. The molecule has 2 aromatic heterocycles. The molecule has 2 aromatic carbocycles. The Balaban J connectivity index is 1.76.